The lowest BCUT2D eigenvalue weighted by Gasteiger charge is -2.34. The van der Waals surface area contributed by atoms with Crippen molar-refractivity contribution >= 4 is 16.5 Å². The largest absolute Gasteiger partial charge is 0.346 e. The van der Waals surface area contributed by atoms with Crippen molar-refractivity contribution in [3.63, 3.8) is 0 Å². The number of thiazole rings is 1. The highest BCUT2D eigenvalue weighted by molar-refractivity contribution is 7.13. The second-order valence-electron chi connectivity index (χ2n) is 4.86. The first-order valence-corrected chi connectivity index (χ1v) is 7.48. The average Bonchev–Trinajstić information content (AvgIpc) is 2.87. The Balaban J connectivity index is 1.55. The van der Waals surface area contributed by atoms with Crippen molar-refractivity contribution in [3.05, 3.63) is 41.2 Å². The molecule has 1 saturated heterocycles. The van der Waals surface area contributed by atoms with Crippen molar-refractivity contribution in [2.45, 2.75) is 13.5 Å². The summed E-state index contributed by atoms with van der Waals surface area (Å²) in [4.78, 5) is 13.8. The van der Waals surface area contributed by atoms with Gasteiger partial charge in [-0.1, -0.05) is 6.07 Å². The number of anilines is 1. The minimum absolute atomic E-state index is 0.950. The fraction of sp³-hybridized carbons (Fsp3) is 0.429. The molecule has 4 nitrogen and oxygen atoms in total. The highest BCUT2D eigenvalue weighted by Crippen LogP contribution is 2.21. The molecule has 0 aliphatic carbocycles. The van der Waals surface area contributed by atoms with Crippen LogP contribution in [0.1, 0.15) is 11.4 Å². The van der Waals surface area contributed by atoms with E-state index >= 15 is 0 Å². The van der Waals surface area contributed by atoms with E-state index in [9.17, 15) is 0 Å². The molecular weight excluding hydrogens is 256 g/mol. The van der Waals surface area contributed by atoms with E-state index in [4.69, 9.17) is 0 Å². The van der Waals surface area contributed by atoms with E-state index in [1.165, 1.54) is 0 Å². The van der Waals surface area contributed by atoms with Crippen LogP contribution in [-0.2, 0) is 6.54 Å². The topological polar surface area (TPSA) is 32.3 Å². The maximum absolute atomic E-state index is 4.56. The van der Waals surface area contributed by atoms with Crippen LogP contribution in [0.25, 0.3) is 0 Å². The molecule has 0 radical (unpaired) electrons. The lowest BCUT2D eigenvalue weighted by molar-refractivity contribution is 0.247. The van der Waals surface area contributed by atoms with Crippen LogP contribution in [-0.4, -0.2) is 41.0 Å². The molecule has 1 fully saturated rings. The predicted octanol–water partition coefficient (Wildman–Crippen LogP) is 2.17. The van der Waals surface area contributed by atoms with E-state index in [1.807, 2.05) is 12.3 Å². The van der Waals surface area contributed by atoms with Crippen LogP contribution in [0.2, 0.25) is 0 Å². The number of rotatable bonds is 3. The quantitative estimate of drug-likeness (QED) is 0.858. The second kappa shape index (κ2) is 5.67. The molecule has 3 rings (SSSR count). The maximum Gasteiger partial charge on any atom is 0.185 e. The highest BCUT2D eigenvalue weighted by atomic mass is 32.1. The van der Waals surface area contributed by atoms with Crippen LogP contribution in [0.15, 0.2) is 29.8 Å². The van der Waals surface area contributed by atoms with Crippen molar-refractivity contribution < 1.29 is 0 Å². The lowest BCUT2D eigenvalue weighted by atomic mass is 10.3. The molecule has 0 spiro atoms. The molecule has 2 aromatic heterocycles. The van der Waals surface area contributed by atoms with Gasteiger partial charge in [0, 0.05) is 44.3 Å². The standard InChI is InChI=1S/C14H18N4S/c1-12-11-19-14(16-12)18-8-6-17(7-9-18)10-13-4-2-3-5-15-13/h2-5,11H,6-10H2,1H3. The van der Waals surface area contributed by atoms with Crippen LogP contribution >= 0.6 is 11.3 Å². The Kier molecular flexibility index (Phi) is 3.75. The first-order chi connectivity index (χ1) is 9.31. The Morgan fingerprint density at radius 1 is 1.21 bits per heavy atom. The Hall–Kier alpha value is -1.46. The third-order valence-electron chi connectivity index (χ3n) is 3.36. The van der Waals surface area contributed by atoms with Crippen molar-refractivity contribution in [3.8, 4) is 0 Å². The molecule has 5 heteroatoms. The van der Waals surface area contributed by atoms with E-state index in [2.05, 4.69) is 44.2 Å². The predicted molar refractivity (Wildman–Crippen MR) is 78.6 cm³/mol. The van der Waals surface area contributed by atoms with Gasteiger partial charge >= 0.3 is 0 Å². The van der Waals surface area contributed by atoms with Crippen molar-refractivity contribution in [2.75, 3.05) is 31.1 Å². The van der Waals surface area contributed by atoms with E-state index in [0.29, 0.717) is 0 Å². The van der Waals surface area contributed by atoms with Crippen LogP contribution in [0, 0.1) is 6.92 Å². The number of nitrogens with zero attached hydrogens (tertiary/aromatic N) is 4. The second-order valence-corrected chi connectivity index (χ2v) is 5.69. The number of hydrogen-bond acceptors (Lipinski definition) is 5. The first-order valence-electron chi connectivity index (χ1n) is 6.60. The Morgan fingerprint density at radius 2 is 2.05 bits per heavy atom. The minimum atomic E-state index is 0.950. The molecule has 0 amide bonds. The van der Waals surface area contributed by atoms with Crippen molar-refractivity contribution in [2.24, 2.45) is 0 Å². The lowest BCUT2D eigenvalue weighted by Crippen LogP contribution is -2.46. The zero-order valence-electron chi connectivity index (χ0n) is 11.1. The molecule has 0 saturated carbocycles. The molecule has 100 valence electrons. The number of pyridine rings is 1. The molecular formula is C14H18N4S. The maximum atomic E-state index is 4.56. The van der Waals surface area contributed by atoms with Gasteiger partial charge in [0.25, 0.3) is 0 Å². The summed E-state index contributed by atoms with van der Waals surface area (Å²) in [6, 6.07) is 6.11. The molecule has 2 aromatic rings. The van der Waals surface area contributed by atoms with E-state index < -0.39 is 0 Å². The van der Waals surface area contributed by atoms with Gasteiger partial charge in [0.05, 0.1) is 11.4 Å². The van der Waals surface area contributed by atoms with Gasteiger partial charge in [0.15, 0.2) is 5.13 Å². The molecule has 0 unspecified atom stereocenters. The van der Waals surface area contributed by atoms with E-state index in [0.717, 1.165) is 49.2 Å². The Morgan fingerprint density at radius 3 is 2.68 bits per heavy atom. The molecule has 0 bridgehead atoms. The summed E-state index contributed by atoms with van der Waals surface area (Å²) in [5.41, 5.74) is 2.27. The third kappa shape index (κ3) is 3.11. The summed E-state index contributed by atoms with van der Waals surface area (Å²) in [6.45, 7) is 7.27. The van der Waals surface area contributed by atoms with Crippen LogP contribution in [0.3, 0.4) is 0 Å². The van der Waals surface area contributed by atoms with Gasteiger partial charge in [-0.05, 0) is 19.1 Å². The van der Waals surface area contributed by atoms with Gasteiger partial charge < -0.3 is 4.90 Å². The third-order valence-corrected chi connectivity index (χ3v) is 4.38. The molecule has 1 aliphatic rings. The van der Waals surface area contributed by atoms with Crippen LogP contribution in [0.5, 0.6) is 0 Å². The number of aromatic nitrogens is 2. The smallest absolute Gasteiger partial charge is 0.185 e. The normalized spacial score (nSPS) is 16.8. The summed E-state index contributed by atoms with van der Waals surface area (Å²) in [5.74, 6) is 0. The summed E-state index contributed by atoms with van der Waals surface area (Å²) in [7, 11) is 0. The van der Waals surface area contributed by atoms with Gasteiger partial charge in [-0.15, -0.1) is 11.3 Å². The van der Waals surface area contributed by atoms with E-state index in [1.54, 1.807) is 11.3 Å². The van der Waals surface area contributed by atoms with Gasteiger partial charge in [0.1, 0.15) is 0 Å². The molecule has 19 heavy (non-hydrogen) atoms. The zero-order valence-corrected chi connectivity index (χ0v) is 11.9. The monoisotopic (exact) mass is 274 g/mol. The summed E-state index contributed by atoms with van der Waals surface area (Å²) in [5, 5.41) is 3.28. The van der Waals surface area contributed by atoms with Crippen molar-refractivity contribution in [1.82, 2.24) is 14.9 Å². The average molecular weight is 274 g/mol. The minimum Gasteiger partial charge on any atom is -0.346 e. The van der Waals surface area contributed by atoms with Gasteiger partial charge in [-0.25, -0.2) is 4.98 Å². The van der Waals surface area contributed by atoms with Crippen LogP contribution in [0.4, 0.5) is 5.13 Å². The molecule has 0 N–H and O–H groups in total. The highest BCUT2D eigenvalue weighted by Gasteiger charge is 2.19. The molecule has 0 atom stereocenters. The first kappa shape index (κ1) is 12.6. The number of piperazine rings is 1. The van der Waals surface area contributed by atoms with E-state index in [-0.39, 0.29) is 0 Å². The van der Waals surface area contributed by atoms with Gasteiger partial charge in [0.2, 0.25) is 0 Å². The Bertz CT molecular complexity index is 517. The fourth-order valence-corrected chi connectivity index (χ4v) is 3.16. The van der Waals surface area contributed by atoms with Crippen LogP contribution < -0.4 is 4.90 Å². The van der Waals surface area contributed by atoms with Gasteiger partial charge in [-0.2, -0.15) is 0 Å². The van der Waals surface area contributed by atoms with Crippen molar-refractivity contribution in [1.29, 1.82) is 0 Å². The SMILES string of the molecule is Cc1csc(N2CCN(Cc3ccccn3)CC2)n1. The number of hydrogen-bond donors (Lipinski definition) is 0. The summed E-state index contributed by atoms with van der Waals surface area (Å²) < 4.78 is 0. The zero-order chi connectivity index (χ0) is 13.1. The molecule has 3 heterocycles. The molecule has 0 aromatic carbocycles. The summed E-state index contributed by atoms with van der Waals surface area (Å²) in [6.07, 6.45) is 1.87. The fourth-order valence-electron chi connectivity index (χ4n) is 2.30. The number of aryl methyl sites for hydroxylation is 1. The summed E-state index contributed by atoms with van der Waals surface area (Å²) >= 11 is 1.75. The Labute approximate surface area is 117 Å². The molecule has 1 aliphatic heterocycles. The van der Waals surface area contributed by atoms with Gasteiger partial charge in [-0.3, -0.25) is 9.88 Å².